The molecule has 0 aliphatic carbocycles. The molecule has 33 heavy (non-hydrogen) atoms. The lowest BCUT2D eigenvalue weighted by Gasteiger charge is -2.28. The topological polar surface area (TPSA) is 75.9 Å². The van der Waals surface area contributed by atoms with Crippen LogP contribution in [0.4, 0.5) is 11.4 Å². The van der Waals surface area contributed by atoms with Crippen LogP contribution in [0.1, 0.15) is 25.0 Å². The van der Waals surface area contributed by atoms with Gasteiger partial charge in [-0.05, 0) is 55.7 Å². The second-order valence-corrected chi connectivity index (χ2v) is 8.19. The zero-order chi connectivity index (χ0) is 22.5. The van der Waals surface area contributed by atoms with E-state index in [0.717, 1.165) is 35.7 Å². The highest BCUT2D eigenvalue weighted by molar-refractivity contribution is 5.93. The molecule has 7 heteroatoms. The number of nitrogens with one attached hydrogen (secondary N) is 1. The normalized spacial score (nSPS) is 13.6. The van der Waals surface area contributed by atoms with E-state index in [1.807, 2.05) is 54.6 Å². The fraction of sp³-hybridized carbons (Fsp3) is 0.231. The van der Waals surface area contributed by atoms with Crippen LogP contribution in [0.3, 0.4) is 0 Å². The fourth-order valence-electron chi connectivity index (χ4n) is 4.25. The van der Waals surface area contributed by atoms with Crippen LogP contribution in [0.5, 0.6) is 0 Å². The summed E-state index contributed by atoms with van der Waals surface area (Å²) in [6.45, 7) is 2.20. The van der Waals surface area contributed by atoms with Crippen LogP contribution in [-0.4, -0.2) is 39.0 Å². The summed E-state index contributed by atoms with van der Waals surface area (Å²) < 4.78 is 1.76. The molecule has 1 N–H and O–H groups in total. The van der Waals surface area contributed by atoms with Gasteiger partial charge in [-0.2, -0.15) is 0 Å². The van der Waals surface area contributed by atoms with Crippen molar-refractivity contribution in [2.75, 3.05) is 23.3 Å². The third-order valence-corrected chi connectivity index (χ3v) is 5.89. The van der Waals surface area contributed by atoms with Crippen molar-refractivity contribution in [3.63, 3.8) is 0 Å². The van der Waals surface area contributed by atoms with E-state index in [-0.39, 0.29) is 12.3 Å². The van der Waals surface area contributed by atoms with Crippen molar-refractivity contribution in [3.05, 3.63) is 84.8 Å². The van der Waals surface area contributed by atoms with Gasteiger partial charge in [0.05, 0.1) is 17.8 Å². The van der Waals surface area contributed by atoms with Crippen LogP contribution >= 0.6 is 0 Å². The Morgan fingerprint density at radius 1 is 0.848 bits per heavy atom. The van der Waals surface area contributed by atoms with E-state index in [9.17, 15) is 4.79 Å². The number of anilines is 2. The number of benzene rings is 2. The average molecular weight is 439 g/mol. The molecule has 1 aliphatic rings. The van der Waals surface area contributed by atoms with Crippen LogP contribution in [0.25, 0.3) is 16.9 Å². The highest BCUT2D eigenvalue weighted by Gasteiger charge is 2.19. The number of pyridine rings is 1. The van der Waals surface area contributed by atoms with Gasteiger partial charge in [-0.15, -0.1) is 5.10 Å². The second kappa shape index (κ2) is 9.65. The minimum absolute atomic E-state index is 0.125. The van der Waals surface area contributed by atoms with Gasteiger partial charge in [-0.25, -0.2) is 4.68 Å². The number of aromatic nitrogens is 4. The lowest BCUT2D eigenvalue weighted by atomic mass is 10.1. The summed E-state index contributed by atoms with van der Waals surface area (Å²) in [6, 6.07) is 21.7. The van der Waals surface area contributed by atoms with Gasteiger partial charge in [0, 0.05) is 42.4 Å². The molecule has 0 spiro atoms. The smallest absolute Gasteiger partial charge is 0.230 e. The summed E-state index contributed by atoms with van der Waals surface area (Å²) >= 11 is 0. The highest BCUT2D eigenvalue weighted by atomic mass is 16.1. The molecule has 3 heterocycles. The molecule has 0 saturated carbocycles. The van der Waals surface area contributed by atoms with Gasteiger partial charge >= 0.3 is 0 Å². The maximum atomic E-state index is 12.9. The maximum Gasteiger partial charge on any atom is 0.230 e. The van der Waals surface area contributed by atoms with E-state index in [2.05, 4.69) is 37.6 Å². The molecule has 0 unspecified atom stereocenters. The number of carbonyl (C=O) groups excluding carboxylic acids is 1. The van der Waals surface area contributed by atoms with Gasteiger partial charge < -0.3 is 10.2 Å². The van der Waals surface area contributed by atoms with Gasteiger partial charge in [0.2, 0.25) is 5.91 Å². The molecule has 7 nitrogen and oxygen atoms in total. The Morgan fingerprint density at radius 2 is 1.58 bits per heavy atom. The fourth-order valence-corrected chi connectivity index (χ4v) is 4.25. The maximum absolute atomic E-state index is 12.9. The quantitative estimate of drug-likeness (QED) is 0.480. The van der Waals surface area contributed by atoms with Crippen molar-refractivity contribution in [2.24, 2.45) is 0 Å². The number of rotatable bonds is 6. The first-order valence-corrected chi connectivity index (χ1v) is 11.3. The molecule has 166 valence electrons. The Balaban J connectivity index is 1.35. The molecular formula is C26H26N6O. The van der Waals surface area contributed by atoms with Gasteiger partial charge in [-0.1, -0.05) is 35.5 Å². The molecule has 1 aliphatic heterocycles. The number of amides is 1. The largest absolute Gasteiger partial charge is 0.372 e. The molecule has 0 radical (unpaired) electrons. The van der Waals surface area contributed by atoms with Gasteiger partial charge in [0.1, 0.15) is 5.69 Å². The minimum atomic E-state index is -0.125. The van der Waals surface area contributed by atoms with Crippen LogP contribution in [0.15, 0.2) is 79.1 Å². The number of carbonyl (C=O) groups is 1. The molecule has 0 atom stereocenters. The van der Waals surface area contributed by atoms with Crippen molar-refractivity contribution in [3.8, 4) is 16.9 Å². The van der Waals surface area contributed by atoms with Crippen molar-refractivity contribution in [1.29, 1.82) is 0 Å². The Hall–Kier alpha value is -4.00. The molecule has 4 aromatic rings. The average Bonchev–Trinajstić information content (AvgIpc) is 3.29. The summed E-state index contributed by atoms with van der Waals surface area (Å²) in [5, 5.41) is 11.7. The highest BCUT2D eigenvalue weighted by Crippen LogP contribution is 2.26. The first-order chi connectivity index (χ1) is 16.3. The van der Waals surface area contributed by atoms with E-state index in [4.69, 9.17) is 0 Å². The molecule has 2 aromatic carbocycles. The third kappa shape index (κ3) is 4.77. The summed E-state index contributed by atoms with van der Waals surface area (Å²) in [4.78, 5) is 19.4. The molecular weight excluding hydrogens is 412 g/mol. The SMILES string of the molecule is O=C(Cc1nnn(-c2ccncc2)c1-c1ccccc1)Nc1ccc(N2CCCCC2)cc1. The van der Waals surface area contributed by atoms with E-state index in [0.29, 0.717) is 5.69 Å². The summed E-state index contributed by atoms with van der Waals surface area (Å²) in [5.74, 6) is -0.125. The Kier molecular flexibility index (Phi) is 6.10. The van der Waals surface area contributed by atoms with Crippen molar-refractivity contribution in [1.82, 2.24) is 20.0 Å². The minimum Gasteiger partial charge on any atom is -0.372 e. The van der Waals surface area contributed by atoms with Gasteiger partial charge in [0.15, 0.2) is 0 Å². The third-order valence-electron chi connectivity index (χ3n) is 5.89. The molecule has 5 rings (SSSR count). The number of nitrogens with zero attached hydrogens (tertiary/aromatic N) is 5. The summed E-state index contributed by atoms with van der Waals surface area (Å²) in [5.41, 5.74) is 5.21. The van der Waals surface area contributed by atoms with Crippen molar-refractivity contribution in [2.45, 2.75) is 25.7 Å². The predicted octanol–water partition coefficient (Wildman–Crippen LogP) is 4.50. The summed E-state index contributed by atoms with van der Waals surface area (Å²) in [7, 11) is 0. The second-order valence-electron chi connectivity index (χ2n) is 8.19. The monoisotopic (exact) mass is 438 g/mol. The molecule has 0 bridgehead atoms. The summed E-state index contributed by atoms with van der Waals surface area (Å²) in [6.07, 6.45) is 7.34. The van der Waals surface area contributed by atoms with E-state index in [1.54, 1.807) is 17.1 Å². The Bertz CT molecular complexity index is 1200. The molecule has 1 amide bonds. The lowest BCUT2D eigenvalue weighted by molar-refractivity contribution is -0.115. The number of hydrogen-bond donors (Lipinski definition) is 1. The Labute approximate surface area is 193 Å². The zero-order valence-electron chi connectivity index (χ0n) is 18.4. The molecule has 2 aromatic heterocycles. The van der Waals surface area contributed by atoms with E-state index < -0.39 is 0 Å². The first kappa shape index (κ1) is 20.9. The van der Waals surface area contributed by atoms with E-state index >= 15 is 0 Å². The standard InChI is InChI=1S/C26H26N6O/c33-25(28-21-9-11-22(12-10-21)31-17-5-2-6-18-31)19-24-26(20-7-3-1-4-8-20)32(30-29-24)23-13-15-27-16-14-23/h1,3-4,7-16H,2,5-6,17-19H2,(H,28,33). The van der Waals surface area contributed by atoms with Crippen LogP contribution in [-0.2, 0) is 11.2 Å². The first-order valence-electron chi connectivity index (χ1n) is 11.3. The zero-order valence-corrected chi connectivity index (χ0v) is 18.4. The van der Waals surface area contributed by atoms with Crippen LogP contribution in [0, 0.1) is 0 Å². The van der Waals surface area contributed by atoms with Gasteiger partial charge in [0.25, 0.3) is 0 Å². The number of piperidine rings is 1. The van der Waals surface area contributed by atoms with Crippen molar-refractivity contribution < 1.29 is 4.79 Å². The van der Waals surface area contributed by atoms with E-state index in [1.165, 1.54) is 24.9 Å². The molecule has 1 saturated heterocycles. The van der Waals surface area contributed by atoms with Gasteiger partial charge in [-0.3, -0.25) is 9.78 Å². The lowest BCUT2D eigenvalue weighted by Crippen LogP contribution is -2.29. The van der Waals surface area contributed by atoms with Crippen LogP contribution in [0.2, 0.25) is 0 Å². The predicted molar refractivity (Wildman–Crippen MR) is 129 cm³/mol. The number of hydrogen-bond acceptors (Lipinski definition) is 5. The Morgan fingerprint density at radius 3 is 2.30 bits per heavy atom. The van der Waals surface area contributed by atoms with Crippen molar-refractivity contribution >= 4 is 17.3 Å². The van der Waals surface area contributed by atoms with Crippen LogP contribution < -0.4 is 10.2 Å². The molecule has 1 fully saturated rings.